The maximum absolute atomic E-state index is 4.62. The predicted molar refractivity (Wildman–Crippen MR) is 437 cm³/mol. The second kappa shape index (κ2) is 27.7. The summed E-state index contributed by atoms with van der Waals surface area (Å²) in [7, 11) is 0. The Morgan fingerprint density at radius 1 is 0.135 bits per heavy atom. The summed E-state index contributed by atoms with van der Waals surface area (Å²) < 4.78 is 0. The van der Waals surface area contributed by atoms with Gasteiger partial charge in [-0.05, 0) is 222 Å². The highest BCUT2D eigenvalue weighted by Crippen LogP contribution is 2.49. The van der Waals surface area contributed by atoms with Crippen LogP contribution in [-0.2, 0) is 0 Å². The zero-order valence-electron chi connectivity index (χ0n) is 56.9. The largest absolute Gasteiger partial charge is 0.256 e. The maximum atomic E-state index is 4.62. The summed E-state index contributed by atoms with van der Waals surface area (Å²) in [5.41, 5.74) is 27.5. The highest BCUT2D eigenvalue weighted by molar-refractivity contribution is 6.24. The van der Waals surface area contributed by atoms with E-state index in [1.807, 2.05) is 73.3 Å². The summed E-state index contributed by atoms with van der Waals surface area (Å²) in [6, 6.07) is 135. The smallest absolute Gasteiger partial charge is 0.0701 e. The number of nitrogens with zero attached hydrogens (tertiary/aromatic N) is 4. The van der Waals surface area contributed by atoms with Gasteiger partial charge in [-0.1, -0.05) is 297 Å². The molecule has 0 spiro atoms. The molecule has 4 heteroatoms. The summed E-state index contributed by atoms with van der Waals surface area (Å²) in [6.45, 7) is 0. The van der Waals surface area contributed by atoms with Crippen molar-refractivity contribution in [1.29, 1.82) is 0 Å². The molecule has 0 amide bonds. The summed E-state index contributed by atoms with van der Waals surface area (Å²) in [6.07, 6.45) is 7.39. The van der Waals surface area contributed by atoms with E-state index in [0.29, 0.717) is 0 Å². The molecule has 104 heavy (non-hydrogen) atoms. The molecule has 0 fully saturated rings. The second-order valence-electron chi connectivity index (χ2n) is 26.3. The molecule has 0 bridgehead atoms. The molecule has 0 atom stereocenters. The fourth-order valence-electron chi connectivity index (χ4n) is 15.2. The predicted octanol–water partition coefficient (Wildman–Crippen LogP) is 26.7. The minimum absolute atomic E-state index is 0.966. The fourth-order valence-corrected chi connectivity index (χ4v) is 15.2. The molecule has 4 nitrogen and oxygen atoms in total. The lowest BCUT2D eigenvalue weighted by atomic mass is 9.84. The Labute approximate surface area is 604 Å². The molecule has 0 aliphatic rings. The fraction of sp³-hybridized carbons (Fsp3) is 0. The number of rotatable bonds is 12. The van der Waals surface area contributed by atoms with E-state index in [1.165, 1.54) is 143 Å². The first kappa shape index (κ1) is 62.5. The molecular weight excluding hydrogens is 1260 g/mol. The van der Waals surface area contributed by atoms with Crippen molar-refractivity contribution in [2.45, 2.75) is 0 Å². The highest BCUT2D eigenvalue weighted by atomic mass is 14.7. The number of hydrogen-bond acceptors (Lipinski definition) is 4. The number of benzene rings is 15. The average Bonchev–Trinajstić information content (AvgIpc) is 0.730. The Bertz CT molecular complexity index is 6250. The molecule has 0 saturated carbocycles. The Morgan fingerprint density at radius 3 is 0.769 bits per heavy atom. The van der Waals surface area contributed by atoms with Gasteiger partial charge in [-0.15, -0.1) is 0 Å². The second-order valence-corrected chi connectivity index (χ2v) is 26.3. The molecule has 0 aliphatic carbocycles. The van der Waals surface area contributed by atoms with Gasteiger partial charge < -0.3 is 0 Å². The van der Waals surface area contributed by atoms with Gasteiger partial charge in [-0.2, -0.15) is 0 Å². The van der Waals surface area contributed by atoms with Crippen LogP contribution in [0.3, 0.4) is 0 Å². The van der Waals surface area contributed by atoms with E-state index in [0.717, 1.165) is 45.0 Å². The van der Waals surface area contributed by atoms with Crippen molar-refractivity contribution < 1.29 is 0 Å². The number of aromatic nitrogens is 4. The maximum Gasteiger partial charge on any atom is 0.0701 e. The van der Waals surface area contributed by atoms with Crippen molar-refractivity contribution in [2.24, 2.45) is 0 Å². The van der Waals surface area contributed by atoms with Crippen molar-refractivity contribution in [3.8, 4) is 134 Å². The molecule has 0 unspecified atom stereocenters. The molecule has 19 rings (SSSR count). The Balaban J connectivity index is 0.000000150. The summed E-state index contributed by atoms with van der Waals surface area (Å²) in [5.74, 6) is 0. The molecule has 19 aromatic rings. The van der Waals surface area contributed by atoms with Gasteiger partial charge >= 0.3 is 0 Å². The molecule has 0 aliphatic heterocycles. The summed E-state index contributed by atoms with van der Waals surface area (Å²) in [4.78, 5) is 18.4. The lowest BCUT2D eigenvalue weighted by Crippen LogP contribution is -1.93. The van der Waals surface area contributed by atoms with Gasteiger partial charge in [0.15, 0.2) is 0 Å². The molecule has 0 saturated heterocycles. The third-order valence-electron chi connectivity index (χ3n) is 20.2. The highest BCUT2D eigenvalue weighted by Gasteiger charge is 2.22. The summed E-state index contributed by atoms with van der Waals surface area (Å²) in [5, 5.41) is 12.3. The normalized spacial score (nSPS) is 11.3. The van der Waals surface area contributed by atoms with Crippen LogP contribution in [0.5, 0.6) is 0 Å². The van der Waals surface area contributed by atoms with Crippen molar-refractivity contribution in [3.63, 3.8) is 0 Å². The topological polar surface area (TPSA) is 51.6 Å². The van der Waals surface area contributed by atoms with Gasteiger partial charge in [-0.3, -0.25) is 19.9 Å². The molecule has 15 aromatic carbocycles. The van der Waals surface area contributed by atoms with E-state index in [4.69, 9.17) is 0 Å². The SMILES string of the molecule is c1ccc(-c2cc(-c3ccccc3)cc(-c3ccc4c(-c5ccc(-c6ccccn6)cc5)c5ccccc5c(-c5ccc(-c6ccccn6)cc5)c4c3)c2)cc1.c1ccc(-c2ccc(-c3c4ccccc4c(-c4ccc(-c5ccccn5)cc4)c4cc(-c5cccc6ccccc56)ccc34)cc2)nc1. The molecular formula is C100H66N4. The lowest BCUT2D eigenvalue weighted by Gasteiger charge is -2.19. The molecule has 0 radical (unpaired) electrons. The standard InChI is InChI=1S/C54H36N2.C46H30N2/c1-3-13-37(14-4-1)44-33-45(38-15-5-2-6-16-38)35-46(34-44)43-29-30-49-50(36-43)54(42-27-23-40(24-28-42)52-20-10-12-32-56-52)48-18-8-7-17-47(48)53(49)41-25-21-39(22-26-41)51-19-9-11-31-55-51;1-2-12-37-31(10-1)11-9-15-38(37)36-26-27-41-42(30-36)46(35-24-20-33(21-25-35)44-17-6-8-29-48-44)40-14-4-3-13-39(40)45(41)34-22-18-32(19-23-34)43-16-5-7-28-47-43/h1-36H;1-30H. The number of hydrogen-bond donors (Lipinski definition) is 0. The van der Waals surface area contributed by atoms with Gasteiger partial charge in [0.2, 0.25) is 0 Å². The van der Waals surface area contributed by atoms with Crippen LogP contribution in [0, 0.1) is 0 Å². The van der Waals surface area contributed by atoms with Crippen LogP contribution >= 0.6 is 0 Å². The van der Waals surface area contributed by atoms with Crippen LogP contribution in [0.1, 0.15) is 0 Å². The Morgan fingerprint density at radius 2 is 0.404 bits per heavy atom. The van der Waals surface area contributed by atoms with E-state index in [9.17, 15) is 0 Å². The summed E-state index contributed by atoms with van der Waals surface area (Å²) >= 11 is 0. The van der Waals surface area contributed by atoms with Crippen LogP contribution in [0.4, 0.5) is 0 Å². The average molecular weight is 1320 g/mol. The monoisotopic (exact) mass is 1320 g/mol. The van der Waals surface area contributed by atoms with Gasteiger partial charge in [-0.25, -0.2) is 0 Å². The Kier molecular flexibility index (Phi) is 16.6. The van der Waals surface area contributed by atoms with Crippen molar-refractivity contribution >= 4 is 53.9 Å². The van der Waals surface area contributed by atoms with E-state index in [1.54, 1.807) is 0 Å². The Hall–Kier alpha value is -13.8. The lowest BCUT2D eigenvalue weighted by molar-refractivity contribution is 1.33. The van der Waals surface area contributed by atoms with Crippen molar-refractivity contribution in [1.82, 2.24) is 19.9 Å². The quantitative estimate of drug-likeness (QED) is 0.114. The minimum Gasteiger partial charge on any atom is -0.256 e. The van der Waals surface area contributed by atoms with Gasteiger partial charge in [0.25, 0.3) is 0 Å². The molecule has 4 aromatic heterocycles. The van der Waals surface area contributed by atoms with Crippen LogP contribution in [0.2, 0.25) is 0 Å². The first-order valence-corrected chi connectivity index (χ1v) is 35.4. The van der Waals surface area contributed by atoms with Crippen LogP contribution in [0.25, 0.3) is 188 Å². The third kappa shape index (κ3) is 12.1. The van der Waals surface area contributed by atoms with Crippen LogP contribution in [0.15, 0.2) is 401 Å². The van der Waals surface area contributed by atoms with E-state index in [2.05, 4.69) is 348 Å². The number of fused-ring (bicyclic) bond motifs is 5. The zero-order chi connectivity index (χ0) is 69.1. The third-order valence-corrected chi connectivity index (χ3v) is 20.2. The van der Waals surface area contributed by atoms with Crippen molar-refractivity contribution in [3.05, 3.63) is 401 Å². The van der Waals surface area contributed by atoms with E-state index >= 15 is 0 Å². The molecule has 486 valence electrons. The van der Waals surface area contributed by atoms with E-state index in [-0.39, 0.29) is 0 Å². The van der Waals surface area contributed by atoms with Gasteiger partial charge in [0, 0.05) is 47.0 Å². The molecule has 4 heterocycles. The van der Waals surface area contributed by atoms with E-state index < -0.39 is 0 Å². The first-order valence-electron chi connectivity index (χ1n) is 35.4. The zero-order valence-corrected chi connectivity index (χ0v) is 56.9. The van der Waals surface area contributed by atoms with Crippen LogP contribution in [-0.4, -0.2) is 19.9 Å². The number of pyridine rings is 4. The van der Waals surface area contributed by atoms with Crippen molar-refractivity contribution in [2.75, 3.05) is 0 Å². The first-order chi connectivity index (χ1) is 51.6. The minimum atomic E-state index is 0.966. The van der Waals surface area contributed by atoms with Gasteiger partial charge in [0.1, 0.15) is 0 Å². The van der Waals surface area contributed by atoms with Gasteiger partial charge in [0.05, 0.1) is 22.8 Å². The molecule has 0 N–H and O–H groups in total. The van der Waals surface area contributed by atoms with Crippen LogP contribution < -0.4 is 0 Å².